The maximum absolute atomic E-state index is 12.7. The molecule has 3 heterocycles. The zero-order valence-electron chi connectivity index (χ0n) is 15.3. The average molecular weight is 366 g/mol. The topological polar surface area (TPSA) is 81.2 Å². The van der Waals surface area contributed by atoms with E-state index in [4.69, 9.17) is 4.42 Å². The number of rotatable bonds is 4. The summed E-state index contributed by atoms with van der Waals surface area (Å²) in [4.78, 5) is 35.0. The fraction of sp³-hybridized carbons (Fsp3) is 0.400. The smallest absolute Gasteiger partial charge is 0.408 e. The molecule has 0 unspecified atom stereocenters. The summed E-state index contributed by atoms with van der Waals surface area (Å²) in [5, 5.41) is 0. The lowest BCUT2D eigenvalue weighted by atomic mass is 9.94. The van der Waals surface area contributed by atoms with E-state index in [1.165, 1.54) is 0 Å². The number of aromatic nitrogens is 3. The van der Waals surface area contributed by atoms with E-state index >= 15 is 0 Å². The Bertz CT molecular complexity index is 1010. The van der Waals surface area contributed by atoms with Crippen LogP contribution in [-0.2, 0) is 11.3 Å². The van der Waals surface area contributed by atoms with Crippen molar-refractivity contribution in [2.75, 3.05) is 13.1 Å². The van der Waals surface area contributed by atoms with Crippen LogP contribution in [-0.4, -0.2) is 38.4 Å². The summed E-state index contributed by atoms with van der Waals surface area (Å²) in [6.45, 7) is 3.70. The lowest BCUT2D eigenvalue weighted by molar-refractivity contribution is -0.132. The molecule has 1 amide bonds. The molecule has 1 aromatic carbocycles. The van der Waals surface area contributed by atoms with Crippen molar-refractivity contribution < 1.29 is 9.21 Å². The second-order valence-corrected chi connectivity index (χ2v) is 7.05. The molecule has 1 saturated heterocycles. The number of piperidine rings is 1. The summed E-state index contributed by atoms with van der Waals surface area (Å²) in [5.41, 5.74) is 3.33. The summed E-state index contributed by atoms with van der Waals surface area (Å²) >= 11 is 0. The molecule has 0 aliphatic carbocycles. The molecule has 2 aromatic heterocycles. The average Bonchev–Trinajstić information content (AvgIpc) is 3.01. The molecule has 4 rings (SSSR count). The SMILES string of the molecule is Cc1ccc2oc(=O)n(CCC(=O)N3CCC[C@@H](c4ccncn4)C3)c2c1. The van der Waals surface area contributed by atoms with Crippen LogP contribution < -0.4 is 5.76 Å². The van der Waals surface area contributed by atoms with Crippen molar-refractivity contribution in [2.24, 2.45) is 0 Å². The van der Waals surface area contributed by atoms with Crippen LogP contribution in [0.15, 0.2) is 46.0 Å². The minimum Gasteiger partial charge on any atom is -0.408 e. The van der Waals surface area contributed by atoms with Crippen LogP contribution in [0.4, 0.5) is 0 Å². The van der Waals surface area contributed by atoms with Crippen molar-refractivity contribution in [3.8, 4) is 0 Å². The Labute approximate surface area is 156 Å². The van der Waals surface area contributed by atoms with Crippen LogP contribution in [0.2, 0.25) is 0 Å². The largest absolute Gasteiger partial charge is 0.419 e. The van der Waals surface area contributed by atoms with Gasteiger partial charge in [0.05, 0.1) is 5.52 Å². The molecule has 27 heavy (non-hydrogen) atoms. The van der Waals surface area contributed by atoms with Crippen LogP contribution in [0, 0.1) is 6.92 Å². The summed E-state index contributed by atoms with van der Waals surface area (Å²) < 4.78 is 6.82. The van der Waals surface area contributed by atoms with Crippen molar-refractivity contribution in [3.05, 3.63) is 58.6 Å². The molecule has 0 spiro atoms. The molecule has 1 fully saturated rings. The third-order valence-electron chi connectivity index (χ3n) is 5.17. The van der Waals surface area contributed by atoms with Crippen LogP contribution in [0.1, 0.15) is 36.4 Å². The zero-order valence-corrected chi connectivity index (χ0v) is 15.3. The van der Waals surface area contributed by atoms with Gasteiger partial charge in [0.2, 0.25) is 5.91 Å². The molecule has 3 aromatic rings. The zero-order chi connectivity index (χ0) is 18.8. The van der Waals surface area contributed by atoms with Gasteiger partial charge >= 0.3 is 5.76 Å². The van der Waals surface area contributed by atoms with E-state index in [0.29, 0.717) is 18.7 Å². The molecule has 0 N–H and O–H groups in total. The molecular formula is C20H22N4O3. The van der Waals surface area contributed by atoms with Crippen molar-refractivity contribution in [2.45, 2.75) is 38.6 Å². The van der Waals surface area contributed by atoms with E-state index in [0.717, 1.165) is 36.2 Å². The maximum Gasteiger partial charge on any atom is 0.419 e. The lowest BCUT2D eigenvalue weighted by Gasteiger charge is -2.32. The molecule has 0 bridgehead atoms. The highest BCUT2D eigenvalue weighted by molar-refractivity contribution is 5.77. The number of fused-ring (bicyclic) bond motifs is 1. The molecule has 7 nitrogen and oxygen atoms in total. The van der Waals surface area contributed by atoms with E-state index in [9.17, 15) is 9.59 Å². The highest BCUT2D eigenvalue weighted by atomic mass is 16.4. The fourth-order valence-electron chi connectivity index (χ4n) is 3.74. The van der Waals surface area contributed by atoms with Crippen LogP contribution in [0.25, 0.3) is 11.1 Å². The van der Waals surface area contributed by atoms with E-state index in [-0.39, 0.29) is 18.2 Å². The monoisotopic (exact) mass is 366 g/mol. The third kappa shape index (κ3) is 3.63. The first-order chi connectivity index (χ1) is 13.1. The molecular weight excluding hydrogens is 344 g/mol. The Morgan fingerprint density at radius 3 is 3.04 bits per heavy atom. The first-order valence-corrected chi connectivity index (χ1v) is 9.25. The van der Waals surface area contributed by atoms with Gasteiger partial charge in [-0.1, -0.05) is 6.07 Å². The third-order valence-corrected chi connectivity index (χ3v) is 5.17. The normalized spacial score (nSPS) is 17.4. The predicted octanol–water partition coefficient (Wildman–Crippen LogP) is 2.49. The van der Waals surface area contributed by atoms with Gasteiger partial charge in [-0.05, 0) is 43.5 Å². The quantitative estimate of drug-likeness (QED) is 0.709. The summed E-state index contributed by atoms with van der Waals surface area (Å²) in [6.07, 6.45) is 5.54. The number of hydrogen-bond donors (Lipinski definition) is 0. The Hall–Kier alpha value is -2.96. The number of aryl methyl sites for hydroxylation is 2. The molecule has 1 aliphatic heterocycles. The summed E-state index contributed by atoms with van der Waals surface area (Å²) in [6, 6.07) is 7.53. The minimum atomic E-state index is -0.416. The van der Waals surface area contributed by atoms with E-state index in [2.05, 4.69) is 9.97 Å². The van der Waals surface area contributed by atoms with Gasteiger partial charge in [-0.15, -0.1) is 0 Å². The van der Waals surface area contributed by atoms with Crippen molar-refractivity contribution >= 4 is 17.0 Å². The summed E-state index contributed by atoms with van der Waals surface area (Å²) in [7, 11) is 0. The van der Waals surface area contributed by atoms with Crippen molar-refractivity contribution in [1.29, 1.82) is 0 Å². The number of amides is 1. The number of oxazole rings is 1. The number of likely N-dealkylation sites (tertiary alicyclic amines) is 1. The van der Waals surface area contributed by atoms with Crippen LogP contribution in [0.5, 0.6) is 0 Å². The maximum atomic E-state index is 12.7. The lowest BCUT2D eigenvalue weighted by Crippen LogP contribution is -2.39. The Kier molecular flexibility index (Phi) is 4.75. The second kappa shape index (κ2) is 7.34. The molecule has 1 aliphatic rings. The molecule has 1 atom stereocenters. The highest BCUT2D eigenvalue weighted by Gasteiger charge is 2.25. The fourth-order valence-corrected chi connectivity index (χ4v) is 3.74. The molecule has 0 saturated carbocycles. The number of carbonyl (C=O) groups is 1. The van der Waals surface area contributed by atoms with Crippen molar-refractivity contribution in [3.63, 3.8) is 0 Å². The van der Waals surface area contributed by atoms with E-state index in [1.807, 2.05) is 30.0 Å². The highest BCUT2D eigenvalue weighted by Crippen LogP contribution is 2.25. The number of carbonyl (C=O) groups excluding carboxylic acids is 1. The van der Waals surface area contributed by atoms with Gasteiger partial charge < -0.3 is 9.32 Å². The Balaban J connectivity index is 1.44. The van der Waals surface area contributed by atoms with E-state index < -0.39 is 5.76 Å². The first kappa shape index (κ1) is 17.5. The van der Waals surface area contributed by atoms with Crippen LogP contribution >= 0.6 is 0 Å². The molecule has 140 valence electrons. The molecule has 0 radical (unpaired) electrons. The van der Waals surface area contributed by atoms with Gasteiger partial charge in [0.1, 0.15) is 6.33 Å². The summed E-state index contributed by atoms with van der Waals surface area (Å²) in [5.74, 6) is -0.116. The van der Waals surface area contributed by atoms with Gasteiger partial charge in [0, 0.05) is 43.9 Å². The number of benzene rings is 1. The van der Waals surface area contributed by atoms with Gasteiger partial charge in [-0.2, -0.15) is 0 Å². The number of hydrogen-bond acceptors (Lipinski definition) is 5. The Morgan fingerprint density at radius 2 is 2.22 bits per heavy atom. The predicted molar refractivity (Wildman–Crippen MR) is 100 cm³/mol. The van der Waals surface area contributed by atoms with Gasteiger partial charge in [-0.3, -0.25) is 9.36 Å². The standard InChI is InChI=1S/C20H22N4O3/c1-14-4-5-18-17(11-14)24(20(26)27-18)10-7-19(25)23-9-2-3-15(12-23)16-6-8-21-13-22-16/h4-6,8,11,13,15H,2-3,7,9-10,12H2,1H3/t15-/m1/s1. The van der Waals surface area contributed by atoms with Gasteiger partial charge in [0.25, 0.3) is 0 Å². The van der Waals surface area contributed by atoms with Gasteiger partial charge in [0.15, 0.2) is 5.58 Å². The minimum absolute atomic E-state index is 0.0580. The van der Waals surface area contributed by atoms with E-state index in [1.54, 1.807) is 23.2 Å². The molecule has 7 heteroatoms. The first-order valence-electron chi connectivity index (χ1n) is 9.25. The van der Waals surface area contributed by atoms with Crippen molar-refractivity contribution in [1.82, 2.24) is 19.4 Å². The van der Waals surface area contributed by atoms with Crippen LogP contribution in [0.3, 0.4) is 0 Å². The number of nitrogens with zero attached hydrogens (tertiary/aromatic N) is 4. The Morgan fingerprint density at radius 1 is 1.33 bits per heavy atom. The van der Waals surface area contributed by atoms with Gasteiger partial charge in [-0.25, -0.2) is 14.8 Å². The second-order valence-electron chi connectivity index (χ2n) is 7.05.